The first-order valence-corrected chi connectivity index (χ1v) is 9.16. The van der Waals surface area contributed by atoms with Crippen LogP contribution in [0, 0.1) is 5.41 Å². The van der Waals surface area contributed by atoms with Gasteiger partial charge in [-0.05, 0) is 26.3 Å². The molecule has 0 radical (unpaired) electrons. The van der Waals surface area contributed by atoms with Crippen LogP contribution in [0.3, 0.4) is 0 Å². The van der Waals surface area contributed by atoms with Crippen molar-refractivity contribution in [1.29, 1.82) is 0 Å². The lowest BCUT2D eigenvalue weighted by molar-refractivity contribution is -0.304. The van der Waals surface area contributed by atoms with Crippen LogP contribution in [0.1, 0.15) is 40.2 Å². The van der Waals surface area contributed by atoms with E-state index in [1.807, 2.05) is 44.2 Å². The van der Waals surface area contributed by atoms with Crippen molar-refractivity contribution < 1.29 is 23.8 Å². The summed E-state index contributed by atoms with van der Waals surface area (Å²) in [5.74, 6) is -1.02. The first kappa shape index (κ1) is 21.2. The van der Waals surface area contributed by atoms with Gasteiger partial charge in [-0.1, -0.05) is 44.2 Å². The number of nitrogens with one attached hydrogen (secondary N) is 2. The fourth-order valence-electron chi connectivity index (χ4n) is 2.68. The van der Waals surface area contributed by atoms with Gasteiger partial charge in [-0.25, -0.2) is 4.79 Å². The van der Waals surface area contributed by atoms with Gasteiger partial charge in [0.1, 0.15) is 12.7 Å². The number of amides is 2. The van der Waals surface area contributed by atoms with Crippen LogP contribution in [0.4, 0.5) is 4.79 Å². The van der Waals surface area contributed by atoms with Gasteiger partial charge < -0.3 is 24.8 Å². The Labute approximate surface area is 160 Å². The molecule has 0 bridgehead atoms. The van der Waals surface area contributed by atoms with Crippen LogP contribution in [-0.2, 0) is 25.6 Å². The number of carbonyl (C=O) groups is 2. The molecule has 1 aromatic rings. The molecular formula is C20H30N2O5. The Kier molecular flexibility index (Phi) is 6.84. The molecule has 7 nitrogen and oxygen atoms in total. The summed E-state index contributed by atoms with van der Waals surface area (Å²) >= 11 is 0. The summed E-state index contributed by atoms with van der Waals surface area (Å²) in [7, 11) is 0. The van der Waals surface area contributed by atoms with E-state index in [0.29, 0.717) is 6.61 Å². The Balaban J connectivity index is 1.76. The largest absolute Gasteiger partial charge is 0.445 e. The topological polar surface area (TPSA) is 85.9 Å². The molecule has 2 N–H and O–H groups in total. The summed E-state index contributed by atoms with van der Waals surface area (Å²) in [6.07, 6.45) is -1.15. The maximum Gasteiger partial charge on any atom is 0.407 e. The van der Waals surface area contributed by atoms with E-state index in [1.54, 1.807) is 20.8 Å². The molecule has 1 saturated heterocycles. The minimum atomic E-state index is -0.803. The Morgan fingerprint density at radius 3 is 2.56 bits per heavy atom. The summed E-state index contributed by atoms with van der Waals surface area (Å²) < 4.78 is 16.6. The molecule has 1 fully saturated rings. The minimum Gasteiger partial charge on any atom is -0.445 e. The predicted molar refractivity (Wildman–Crippen MR) is 101 cm³/mol. The summed E-state index contributed by atoms with van der Waals surface area (Å²) in [6.45, 7) is 10.1. The van der Waals surface area contributed by atoms with Gasteiger partial charge in [-0.3, -0.25) is 4.79 Å². The lowest BCUT2D eigenvalue weighted by atomic mass is 9.85. The summed E-state index contributed by atoms with van der Waals surface area (Å²) in [5, 5.41) is 5.54. The second-order valence-electron chi connectivity index (χ2n) is 8.03. The second kappa shape index (κ2) is 8.71. The lowest BCUT2D eigenvalue weighted by Crippen LogP contribution is -2.57. The van der Waals surface area contributed by atoms with Gasteiger partial charge in [-0.2, -0.15) is 0 Å². The first-order valence-electron chi connectivity index (χ1n) is 9.16. The van der Waals surface area contributed by atoms with Crippen molar-refractivity contribution in [3.63, 3.8) is 0 Å². The van der Waals surface area contributed by atoms with Crippen molar-refractivity contribution >= 4 is 12.0 Å². The van der Waals surface area contributed by atoms with Crippen LogP contribution < -0.4 is 10.6 Å². The molecule has 0 aliphatic carbocycles. The molecule has 150 valence electrons. The van der Waals surface area contributed by atoms with E-state index >= 15 is 0 Å². The molecule has 0 aromatic heterocycles. The summed E-state index contributed by atoms with van der Waals surface area (Å²) in [4.78, 5) is 24.4. The smallest absolute Gasteiger partial charge is 0.407 e. The van der Waals surface area contributed by atoms with Gasteiger partial charge in [0, 0.05) is 18.0 Å². The molecule has 2 amide bonds. The van der Waals surface area contributed by atoms with E-state index in [0.717, 1.165) is 5.56 Å². The zero-order valence-electron chi connectivity index (χ0n) is 16.7. The number of ether oxygens (including phenoxy) is 3. The third-order valence-corrected chi connectivity index (χ3v) is 4.30. The second-order valence-corrected chi connectivity index (χ2v) is 8.03. The van der Waals surface area contributed by atoms with E-state index in [1.165, 1.54) is 0 Å². The Morgan fingerprint density at radius 2 is 1.89 bits per heavy atom. The lowest BCUT2D eigenvalue weighted by Gasteiger charge is -2.44. The van der Waals surface area contributed by atoms with Gasteiger partial charge in [0.2, 0.25) is 5.91 Å². The highest BCUT2D eigenvalue weighted by atomic mass is 16.7. The highest BCUT2D eigenvalue weighted by Gasteiger charge is 2.45. The van der Waals surface area contributed by atoms with Crippen LogP contribution in [0.2, 0.25) is 0 Å². The standard InChI is InChI=1S/C20H30N2O5/c1-14(22-18(24)25-12-15-9-7-6-8-10-15)11-21-17(23)16-19(2,3)13-26-20(4,5)27-16/h6-10,14,16H,11-13H2,1-5H3,(H,21,23)(H,22,24). The molecule has 0 saturated carbocycles. The molecule has 27 heavy (non-hydrogen) atoms. The SMILES string of the molecule is CC(CNC(=O)C1OC(C)(C)OCC1(C)C)NC(=O)OCc1ccccc1. The molecule has 7 heteroatoms. The van der Waals surface area contributed by atoms with Gasteiger partial charge in [0.15, 0.2) is 5.79 Å². The van der Waals surface area contributed by atoms with Crippen LogP contribution in [0.25, 0.3) is 0 Å². The molecule has 1 aliphatic rings. The van der Waals surface area contributed by atoms with Crippen LogP contribution in [0.15, 0.2) is 30.3 Å². The van der Waals surface area contributed by atoms with Crippen LogP contribution in [-0.4, -0.2) is 43.1 Å². The maximum atomic E-state index is 12.6. The molecule has 1 heterocycles. The van der Waals surface area contributed by atoms with E-state index in [9.17, 15) is 9.59 Å². The third-order valence-electron chi connectivity index (χ3n) is 4.30. The van der Waals surface area contributed by atoms with Gasteiger partial charge >= 0.3 is 6.09 Å². The fraction of sp³-hybridized carbons (Fsp3) is 0.600. The van der Waals surface area contributed by atoms with E-state index in [2.05, 4.69) is 10.6 Å². The predicted octanol–water partition coefficient (Wildman–Crippen LogP) is 2.60. The quantitative estimate of drug-likeness (QED) is 0.795. The van der Waals surface area contributed by atoms with Crippen molar-refractivity contribution in [3.05, 3.63) is 35.9 Å². The number of benzene rings is 1. The van der Waals surface area contributed by atoms with E-state index in [4.69, 9.17) is 14.2 Å². The normalized spacial score (nSPS) is 21.7. The van der Waals surface area contributed by atoms with Crippen molar-refractivity contribution in [2.75, 3.05) is 13.2 Å². The molecule has 2 unspecified atom stereocenters. The highest BCUT2D eigenvalue weighted by Crippen LogP contribution is 2.34. The summed E-state index contributed by atoms with van der Waals surface area (Å²) in [6, 6.07) is 9.15. The molecule has 2 atom stereocenters. The van der Waals surface area contributed by atoms with Crippen molar-refractivity contribution in [1.82, 2.24) is 10.6 Å². The molecule has 1 aromatic carbocycles. The average Bonchev–Trinajstić information content (AvgIpc) is 2.61. The van der Waals surface area contributed by atoms with Gasteiger partial charge in [0.05, 0.1) is 6.61 Å². The Bertz CT molecular complexity index is 645. The number of alkyl carbamates (subject to hydrolysis) is 1. The van der Waals surface area contributed by atoms with Crippen LogP contribution in [0.5, 0.6) is 0 Å². The number of hydrogen-bond donors (Lipinski definition) is 2. The minimum absolute atomic E-state index is 0.199. The number of carbonyl (C=O) groups excluding carboxylic acids is 2. The maximum absolute atomic E-state index is 12.6. The monoisotopic (exact) mass is 378 g/mol. The Morgan fingerprint density at radius 1 is 1.22 bits per heavy atom. The van der Waals surface area contributed by atoms with Gasteiger partial charge in [-0.15, -0.1) is 0 Å². The number of rotatable bonds is 6. The summed E-state index contributed by atoms with van der Waals surface area (Å²) in [5.41, 5.74) is 0.473. The van der Waals surface area contributed by atoms with Crippen molar-refractivity contribution in [2.45, 2.75) is 59.2 Å². The van der Waals surface area contributed by atoms with Crippen LogP contribution >= 0.6 is 0 Å². The Hall–Kier alpha value is -2.12. The molecule has 0 spiro atoms. The van der Waals surface area contributed by atoms with Crippen molar-refractivity contribution in [3.8, 4) is 0 Å². The first-order chi connectivity index (χ1) is 12.6. The third kappa shape index (κ3) is 6.52. The fourth-order valence-corrected chi connectivity index (χ4v) is 2.68. The average molecular weight is 378 g/mol. The zero-order valence-corrected chi connectivity index (χ0v) is 16.7. The highest BCUT2D eigenvalue weighted by molar-refractivity contribution is 5.82. The molecule has 2 rings (SSSR count). The van der Waals surface area contributed by atoms with E-state index in [-0.39, 0.29) is 25.1 Å². The zero-order chi connectivity index (χ0) is 20.1. The number of hydrogen-bond acceptors (Lipinski definition) is 5. The van der Waals surface area contributed by atoms with Gasteiger partial charge in [0.25, 0.3) is 0 Å². The van der Waals surface area contributed by atoms with E-state index < -0.39 is 23.4 Å². The molecular weight excluding hydrogens is 348 g/mol. The molecule has 1 aliphatic heterocycles. The van der Waals surface area contributed by atoms with Crippen molar-refractivity contribution in [2.24, 2.45) is 5.41 Å².